The number of anilines is 1. The molecule has 33 heavy (non-hydrogen) atoms. The summed E-state index contributed by atoms with van der Waals surface area (Å²) in [6.45, 7) is 0. The fourth-order valence-corrected chi connectivity index (χ4v) is 3.95. The molecule has 0 radical (unpaired) electrons. The lowest BCUT2D eigenvalue weighted by molar-refractivity contribution is 1.10. The first-order valence-corrected chi connectivity index (χ1v) is 10.5. The normalized spacial score (nSPS) is 11.3. The van der Waals surface area contributed by atoms with Crippen LogP contribution in [0.15, 0.2) is 73.3 Å². The number of hydrogen-bond donors (Lipinski definition) is 2. The SMILES string of the molecule is CN(C)c1cncc(-c2ccc3[nH]nc(-c4nc5c(-c6ccncc6)cccc5[nH]4)c3n2)c1. The molecule has 6 rings (SSSR count). The Bertz CT molecular complexity index is 1600. The van der Waals surface area contributed by atoms with E-state index in [9.17, 15) is 0 Å². The summed E-state index contributed by atoms with van der Waals surface area (Å²) in [4.78, 5) is 23.7. The van der Waals surface area contributed by atoms with E-state index in [4.69, 9.17) is 9.97 Å². The molecule has 5 heterocycles. The van der Waals surface area contributed by atoms with E-state index in [1.54, 1.807) is 12.4 Å². The molecular weight excluding hydrogens is 412 g/mol. The highest BCUT2D eigenvalue weighted by Gasteiger charge is 2.17. The van der Waals surface area contributed by atoms with Gasteiger partial charge in [0.1, 0.15) is 5.52 Å². The van der Waals surface area contributed by atoms with Gasteiger partial charge < -0.3 is 9.88 Å². The molecule has 0 aliphatic rings. The van der Waals surface area contributed by atoms with E-state index in [2.05, 4.69) is 37.3 Å². The standard InChI is InChI=1S/C25H20N8/c1-33(2)17-12-16(13-27-14-17)19-6-7-21-23(28-19)24(32-31-21)25-29-20-5-3-4-18(22(20)30-25)15-8-10-26-11-9-15/h3-14H,1-2H3,(H,29,30)(H,31,32). The third kappa shape index (κ3) is 3.28. The van der Waals surface area contributed by atoms with Gasteiger partial charge in [-0.15, -0.1) is 0 Å². The van der Waals surface area contributed by atoms with Crippen molar-refractivity contribution >= 4 is 27.8 Å². The summed E-state index contributed by atoms with van der Waals surface area (Å²) in [7, 11) is 3.99. The van der Waals surface area contributed by atoms with Crippen molar-refractivity contribution in [1.29, 1.82) is 0 Å². The molecule has 0 saturated carbocycles. The van der Waals surface area contributed by atoms with Crippen molar-refractivity contribution in [3.63, 3.8) is 0 Å². The van der Waals surface area contributed by atoms with E-state index in [0.29, 0.717) is 11.5 Å². The second kappa shape index (κ2) is 7.52. The molecule has 0 spiro atoms. The van der Waals surface area contributed by atoms with Crippen molar-refractivity contribution in [2.24, 2.45) is 0 Å². The number of aromatic nitrogens is 7. The molecule has 8 nitrogen and oxygen atoms in total. The Morgan fingerprint density at radius 1 is 0.788 bits per heavy atom. The Morgan fingerprint density at radius 3 is 2.52 bits per heavy atom. The van der Waals surface area contributed by atoms with Crippen LogP contribution in [-0.2, 0) is 0 Å². The molecular formula is C25H20N8. The lowest BCUT2D eigenvalue weighted by Crippen LogP contribution is -2.08. The van der Waals surface area contributed by atoms with E-state index in [0.717, 1.165) is 50.1 Å². The summed E-state index contributed by atoms with van der Waals surface area (Å²) in [6, 6.07) is 16.1. The molecule has 0 amide bonds. The maximum atomic E-state index is 4.91. The van der Waals surface area contributed by atoms with Crippen molar-refractivity contribution in [3.05, 3.63) is 73.3 Å². The molecule has 160 valence electrons. The molecule has 5 aromatic heterocycles. The maximum absolute atomic E-state index is 4.91. The Balaban J connectivity index is 1.48. The van der Waals surface area contributed by atoms with Crippen LogP contribution in [0.5, 0.6) is 0 Å². The van der Waals surface area contributed by atoms with E-state index in [1.165, 1.54) is 0 Å². The summed E-state index contributed by atoms with van der Waals surface area (Å²) in [5.74, 6) is 0.669. The lowest BCUT2D eigenvalue weighted by Gasteiger charge is -2.12. The Kier molecular flexibility index (Phi) is 4.36. The van der Waals surface area contributed by atoms with Crippen LogP contribution in [0.4, 0.5) is 5.69 Å². The fraction of sp³-hybridized carbons (Fsp3) is 0.0800. The van der Waals surface area contributed by atoms with Crippen LogP contribution >= 0.6 is 0 Å². The van der Waals surface area contributed by atoms with Gasteiger partial charge in [-0.1, -0.05) is 12.1 Å². The molecule has 0 saturated heterocycles. The molecule has 8 heteroatoms. The number of para-hydroxylation sites is 1. The van der Waals surface area contributed by atoms with Crippen molar-refractivity contribution < 1.29 is 0 Å². The summed E-state index contributed by atoms with van der Waals surface area (Å²) in [5, 5.41) is 7.61. The third-order valence-corrected chi connectivity index (χ3v) is 5.67. The number of aromatic amines is 2. The number of nitrogens with one attached hydrogen (secondary N) is 2. The van der Waals surface area contributed by atoms with Gasteiger partial charge in [0.25, 0.3) is 0 Å². The number of benzene rings is 1. The largest absolute Gasteiger partial charge is 0.376 e. The quantitative estimate of drug-likeness (QED) is 0.419. The first-order valence-electron chi connectivity index (χ1n) is 10.5. The van der Waals surface area contributed by atoms with Crippen molar-refractivity contribution in [2.45, 2.75) is 0 Å². The highest BCUT2D eigenvalue weighted by molar-refractivity contribution is 5.96. The Morgan fingerprint density at radius 2 is 1.67 bits per heavy atom. The van der Waals surface area contributed by atoms with Crippen molar-refractivity contribution in [1.82, 2.24) is 35.1 Å². The maximum Gasteiger partial charge on any atom is 0.161 e. The Labute approximate surface area is 189 Å². The van der Waals surface area contributed by atoms with Crippen LogP contribution in [0.2, 0.25) is 0 Å². The fourth-order valence-electron chi connectivity index (χ4n) is 3.95. The van der Waals surface area contributed by atoms with Crippen molar-refractivity contribution in [2.75, 3.05) is 19.0 Å². The molecule has 6 aromatic rings. The number of H-pyrrole nitrogens is 2. The summed E-state index contributed by atoms with van der Waals surface area (Å²) < 4.78 is 0. The van der Waals surface area contributed by atoms with Crippen LogP contribution in [-0.4, -0.2) is 49.2 Å². The third-order valence-electron chi connectivity index (χ3n) is 5.67. The zero-order valence-corrected chi connectivity index (χ0v) is 18.1. The lowest BCUT2D eigenvalue weighted by atomic mass is 10.1. The molecule has 0 fully saturated rings. The van der Waals surface area contributed by atoms with Gasteiger partial charge in [0.2, 0.25) is 0 Å². The Hall–Kier alpha value is -4.59. The molecule has 0 unspecified atom stereocenters. The molecule has 0 aliphatic carbocycles. The minimum absolute atomic E-state index is 0.669. The highest BCUT2D eigenvalue weighted by Crippen LogP contribution is 2.31. The second-order valence-corrected chi connectivity index (χ2v) is 8.01. The van der Waals surface area contributed by atoms with Crippen LogP contribution < -0.4 is 4.90 Å². The van der Waals surface area contributed by atoms with Gasteiger partial charge in [0.15, 0.2) is 11.5 Å². The highest BCUT2D eigenvalue weighted by atomic mass is 15.1. The van der Waals surface area contributed by atoms with Gasteiger partial charge >= 0.3 is 0 Å². The van der Waals surface area contributed by atoms with Gasteiger partial charge in [-0.05, 0) is 42.0 Å². The number of fused-ring (bicyclic) bond motifs is 2. The molecule has 1 aromatic carbocycles. The minimum atomic E-state index is 0.669. The second-order valence-electron chi connectivity index (χ2n) is 8.01. The summed E-state index contributed by atoms with van der Waals surface area (Å²) in [6.07, 6.45) is 7.23. The first-order chi connectivity index (χ1) is 16.2. The zero-order valence-electron chi connectivity index (χ0n) is 18.1. The molecule has 0 atom stereocenters. The molecule has 0 aliphatic heterocycles. The van der Waals surface area contributed by atoms with Gasteiger partial charge in [-0.3, -0.25) is 15.1 Å². The average Bonchev–Trinajstić information content (AvgIpc) is 3.48. The molecule has 2 N–H and O–H groups in total. The summed E-state index contributed by atoms with van der Waals surface area (Å²) in [5.41, 5.74) is 9.00. The zero-order chi connectivity index (χ0) is 22.4. The molecule has 0 bridgehead atoms. The van der Waals surface area contributed by atoms with Crippen molar-refractivity contribution in [3.8, 4) is 33.9 Å². The number of hydrogen-bond acceptors (Lipinski definition) is 6. The van der Waals surface area contributed by atoms with E-state index < -0.39 is 0 Å². The van der Waals surface area contributed by atoms with Crippen LogP contribution in [0.1, 0.15) is 0 Å². The predicted molar refractivity (Wildman–Crippen MR) is 130 cm³/mol. The van der Waals surface area contributed by atoms with Gasteiger partial charge in [0, 0.05) is 43.8 Å². The number of rotatable bonds is 4. The topological polar surface area (TPSA) is 99.3 Å². The minimum Gasteiger partial charge on any atom is -0.376 e. The van der Waals surface area contributed by atoms with Gasteiger partial charge in [-0.25, -0.2) is 9.97 Å². The number of imidazole rings is 1. The smallest absolute Gasteiger partial charge is 0.161 e. The van der Waals surface area contributed by atoms with Crippen LogP contribution in [0, 0.1) is 0 Å². The van der Waals surface area contributed by atoms with Crippen LogP contribution in [0.25, 0.3) is 56.0 Å². The van der Waals surface area contributed by atoms with E-state index in [1.807, 2.05) is 67.8 Å². The predicted octanol–water partition coefficient (Wildman–Crippen LogP) is 4.69. The van der Waals surface area contributed by atoms with E-state index in [-0.39, 0.29) is 0 Å². The van der Waals surface area contributed by atoms with Gasteiger partial charge in [0.05, 0.1) is 34.1 Å². The number of pyridine rings is 3. The number of nitrogens with zero attached hydrogens (tertiary/aromatic N) is 6. The van der Waals surface area contributed by atoms with Crippen LogP contribution in [0.3, 0.4) is 0 Å². The van der Waals surface area contributed by atoms with E-state index >= 15 is 0 Å². The van der Waals surface area contributed by atoms with Gasteiger partial charge in [-0.2, -0.15) is 5.10 Å². The average molecular weight is 432 g/mol. The monoisotopic (exact) mass is 432 g/mol. The first kappa shape index (κ1) is 19.1. The summed E-state index contributed by atoms with van der Waals surface area (Å²) >= 11 is 0.